The molecule has 2 rings (SSSR count). The molecule has 0 bridgehead atoms. The molecule has 8 heteroatoms. The highest BCUT2D eigenvalue weighted by atomic mass is 16.4. The number of carbonyl (C=O) groups excluding carboxylic acids is 1. The molecule has 0 radical (unpaired) electrons. The number of carboxylic acids is 1. The Hall–Kier alpha value is -3.34. The maximum atomic E-state index is 11.9. The molecule has 1 aromatic carbocycles. The van der Waals surface area contributed by atoms with Crippen molar-refractivity contribution in [2.75, 3.05) is 6.54 Å². The maximum absolute atomic E-state index is 11.9. The van der Waals surface area contributed by atoms with Gasteiger partial charge in [-0.15, -0.1) is 0 Å². The van der Waals surface area contributed by atoms with Crippen LogP contribution in [-0.4, -0.2) is 36.6 Å². The Bertz CT molecular complexity index is 802. The van der Waals surface area contributed by atoms with Gasteiger partial charge in [0.25, 0.3) is 5.91 Å². The molecule has 1 heterocycles. The van der Waals surface area contributed by atoms with Crippen LogP contribution in [0.15, 0.2) is 36.5 Å². The Morgan fingerprint density at radius 2 is 2.13 bits per heavy atom. The van der Waals surface area contributed by atoms with Crippen molar-refractivity contribution in [1.82, 2.24) is 10.3 Å². The minimum Gasteiger partial charge on any atom is -0.566 e. The Kier molecular flexibility index (Phi) is 4.94. The summed E-state index contributed by atoms with van der Waals surface area (Å²) >= 11 is 0. The lowest BCUT2D eigenvalue weighted by molar-refractivity contribution is -0.135. The Labute approximate surface area is 133 Å². The maximum Gasteiger partial charge on any atom is 0.322 e. The van der Waals surface area contributed by atoms with E-state index in [1.165, 1.54) is 14.2 Å². The molecule has 0 saturated carbocycles. The number of nitrogens with one attached hydrogen (secondary N) is 1. The van der Waals surface area contributed by atoms with E-state index >= 15 is 0 Å². The summed E-state index contributed by atoms with van der Waals surface area (Å²) in [5.74, 6) is -1.57. The molecule has 2 aromatic rings. The first-order valence-electron chi connectivity index (χ1n) is 6.59. The summed E-state index contributed by atoms with van der Waals surface area (Å²) in [7, 11) is 1.39. The molecule has 0 saturated heterocycles. The smallest absolute Gasteiger partial charge is 0.322 e. The summed E-state index contributed by atoms with van der Waals surface area (Å²) in [6.07, 6.45) is 1.47. The SMILES string of the molecule is BOc1cc(-c2cccc(C#N)c2)cnc1C(=O)NCC(=O)O. The Morgan fingerprint density at radius 1 is 1.35 bits per heavy atom. The lowest BCUT2D eigenvalue weighted by Gasteiger charge is -2.10. The van der Waals surface area contributed by atoms with Gasteiger partial charge in [0.1, 0.15) is 12.3 Å². The Morgan fingerprint density at radius 3 is 2.78 bits per heavy atom. The lowest BCUT2D eigenvalue weighted by Crippen LogP contribution is -2.30. The van der Waals surface area contributed by atoms with E-state index in [9.17, 15) is 9.59 Å². The number of nitrogens with zero attached hydrogens (tertiary/aromatic N) is 2. The summed E-state index contributed by atoms with van der Waals surface area (Å²) in [6, 6.07) is 10.6. The largest absolute Gasteiger partial charge is 0.566 e. The molecule has 7 nitrogen and oxygen atoms in total. The van der Waals surface area contributed by atoms with E-state index in [0.717, 1.165) is 5.56 Å². The predicted octanol–water partition coefficient (Wildman–Crippen LogP) is 0.362. The monoisotopic (exact) mass is 309 g/mol. The van der Waals surface area contributed by atoms with Crippen LogP contribution >= 0.6 is 0 Å². The van der Waals surface area contributed by atoms with Crippen LogP contribution in [-0.2, 0) is 4.79 Å². The summed E-state index contributed by atoms with van der Waals surface area (Å²) in [5.41, 5.74) is 1.93. The molecular formula is C15H12BN3O4. The second-order valence-electron chi connectivity index (χ2n) is 4.54. The van der Waals surface area contributed by atoms with E-state index < -0.39 is 18.4 Å². The number of amides is 1. The third kappa shape index (κ3) is 3.86. The number of carboxylic acid groups (broad SMARTS) is 1. The summed E-state index contributed by atoms with van der Waals surface area (Å²) < 4.78 is 5.16. The number of nitriles is 1. The quantitative estimate of drug-likeness (QED) is 0.771. The molecule has 0 spiro atoms. The van der Waals surface area contributed by atoms with Gasteiger partial charge in [-0.1, -0.05) is 12.1 Å². The van der Waals surface area contributed by atoms with Gasteiger partial charge in [-0.3, -0.25) is 9.59 Å². The lowest BCUT2D eigenvalue weighted by atomic mass is 10.0. The number of hydrogen-bond donors (Lipinski definition) is 2. The highest BCUT2D eigenvalue weighted by Crippen LogP contribution is 2.26. The van der Waals surface area contributed by atoms with Crippen molar-refractivity contribution >= 4 is 19.9 Å². The minimum atomic E-state index is -1.15. The second-order valence-corrected chi connectivity index (χ2v) is 4.54. The van der Waals surface area contributed by atoms with E-state index in [4.69, 9.17) is 15.0 Å². The molecule has 0 fully saturated rings. The molecule has 0 unspecified atom stereocenters. The van der Waals surface area contributed by atoms with Crippen molar-refractivity contribution in [3.8, 4) is 22.9 Å². The Balaban J connectivity index is 2.34. The van der Waals surface area contributed by atoms with Crippen molar-refractivity contribution in [3.05, 3.63) is 47.8 Å². The first-order valence-corrected chi connectivity index (χ1v) is 6.59. The molecule has 2 N–H and O–H groups in total. The fourth-order valence-electron chi connectivity index (χ4n) is 1.94. The number of rotatable bonds is 5. The van der Waals surface area contributed by atoms with E-state index in [2.05, 4.69) is 16.4 Å². The van der Waals surface area contributed by atoms with Crippen molar-refractivity contribution in [1.29, 1.82) is 5.26 Å². The van der Waals surface area contributed by atoms with E-state index in [0.29, 0.717) is 11.1 Å². The first kappa shape index (κ1) is 16.0. The van der Waals surface area contributed by atoms with Gasteiger partial charge in [0.05, 0.1) is 11.6 Å². The molecular weight excluding hydrogens is 297 g/mol. The minimum absolute atomic E-state index is 0.00561. The van der Waals surface area contributed by atoms with Crippen molar-refractivity contribution < 1.29 is 19.3 Å². The first-order chi connectivity index (χ1) is 11.0. The van der Waals surface area contributed by atoms with Crippen LogP contribution in [0.5, 0.6) is 5.75 Å². The molecule has 0 atom stereocenters. The molecule has 1 amide bonds. The zero-order chi connectivity index (χ0) is 16.8. The molecule has 23 heavy (non-hydrogen) atoms. The number of pyridine rings is 1. The van der Waals surface area contributed by atoms with Crippen LogP contribution < -0.4 is 9.97 Å². The van der Waals surface area contributed by atoms with Crippen molar-refractivity contribution in [2.45, 2.75) is 0 Å². The van der Waals surface area contributed by atoms with Gasteiger partial charge < -0.3 is 15.1 Å². The third-order valence-electron chi connectivity index (χ3n) is 3.01. The number of aliphatic carboxylic acids is 1. The number of benzene rings is 1. The topological polar surface area (TPSA) is 112 Å². The van der Waals surface area contributed by atoms with Crippen LogP contribution in [0, 0.1) is 11.3 Å². The van der Waals surface area contributed by atoms with E-state index in [1.54, 1.807) is 24.3 Å². The van der Waals surface area contributed by atoms with Crippen LogP contribution in [0.25, 0.3) is 11.1 Å². The van der Waals surface area contributed by atoms with Gasteiger partial charge in [0.15, 0.2) is 5.69 Å². The van der Waals surface area contributed by atoms with Gasteiger partial charge in [-0.05, 0) is 23.8 Å². The third-order valence-corrected chi connectivity index (χ3v) is 3.01. The zero-order valence-electron chi connectivity index (χ0n) is 12.2. The summed E-state index contributed by atoms with van der Waals surface area (Å²) in [5, 5.41) is 19.8. The molecule has 0 aliphatic carbocycles. The highest BCUT2D eigenvalue weighted by Gasteiger charge is 2.15. The van der Waals surface area contributed by atoms with Crippen molar-refractivity contribution in [3.63, 3.8) is 0 Å². The molecule has 114 valence electrons. The van der Waals surface area contributed by atoms with Gasteiger partial charge in [-0.2, -0.15) is 5.26 Å². The van der Waals surface area contributed by atoms with Crippen molar-refractivity contribution in [2.24, 2.45) is 0 Å². The fourth-order valence-corrected chi connectivity index (χ4v) is 1.94. The summed E-state index contributed by atoms with van der Waals surface area (Å²) in [6.45, 7) is -0.504. The van der Waals surface area contributed by atoms with E-state index in [-0.39, 0.29) is 11.4 Å². The zero-order valence-corrected chi connectivity index (χ0v) is 12.2. The van der Waals surface area contributed by atoms with Crippen LogP contribution in [0.2, 0.25) is 0 Å². The van der Waals surface area contributed by atoms with Gasteiger partial charge in [-0.25, -0.2) is 4.98 Å². The number of aromatic nitrogens is 1. The highest BCUT2D eigenvalue weighted by molar-refractivity contribution is 6.03. The standard InChI is InChI=1S/C15H12BN3O4/c16-23-12-5-11(10-3-1-2-9(4-10)6-17)7-18-14(12)15(22)19-8-13(20)21/h1-5,7H,8,16H2,(H,19,22)(H,20,21). The van der Waals surface area contributed by atoms with Crippen LogP contribution in [0.1, 0.15) is 16.1 Å². The average Bonchev–Trinajstić information content (AvgIpc) is 2.59. The van der Waals surface area contributed by atoms with Gasteiger partial charge in [0.2, 0.25) is 0 Å². The predicted molar refractivity (Wildman–Crippen MR) is 83.5 cm³/mol. The molecule has 0 aliphatic heterocycles. The summed E-state index contributed by atoms with van der Waals surface area (Å²) in [4.78, 5) is 26.5. The van der Waals surface area contributed by atoms with Crippen LogP contribution in [0.3, 0.4) is 0 Å². The average molecular weight is 309 g/mol. The normalized spacial score (nSPS) is 9.70. The molecule has 0 aliphatic rings. The van der Waals surface area contributed by atoms with Gasteiger partial charge in [0, 0.05) is 11.8 Å². The van der Waals surface area contributed by atoms with Crippen LogP contribution in [0.4, 0.5) is 0 Å². The fraction of sp³-hybridized carbons (Fsp3) is 0.0667. The number of carbonyl (C=O) groups is 2. The number of hydrogen-bond acceptors (Lipinski definition) is 5. The van der Waals surface area contributed by atoms with E-state index in [1.807, 2.05) is 6.07 Å². The second kappa shape index (κ2) is 7.09. The molecule has 1 aromatic heterocycles. The van der Waals surface area contributed by atoms with Gasteiger partial charge >= 0.3 is 14.0 Å².